The third-order valence-corrected chi connectivity index (χ3v) is 6.93. The van der Waals surface area contributed by atoms with E-state index in [0.29, 0.717) is 0 Å². The molecule has 178 valence electrons. The van der Waals surface area contributed by atoms with Gasteiger partial charge in [0, 0.05) is 49.0 Å². The molecule has 2 atom stereocenters. The number of guanidine groups is 1. The molecule has 0 saturated carbocycles. The molecule has 5 rings (SSSR count). The first-order chi connectivity index (χ1) is 16.6. The van der Waals surface area contributed by atoms with Crippen LogP contribution in [-0.4, -0.2) is 53.1 Å². The van der Waals surface area contributed by atoms with E-state index < -0.39 is 0 Å². The second-order valence-corrected chi connectivity index (χ2v) is 9.71. The number of anilines is 1. The summed E-state index contributed by atoms with van der Waals surface area (Å²) in [6, 6.07) is 17.2. The Bertz CT molecular complexity index is 1170. The van der Waals surface area contributed by atoms with Gasteiger partial charge in [0.1, 0.15) is 12.0 Å². The van der Waals surface area contributed by atoms with E-state index in [1.165, 1.54) is 41.3 Å². The number of para-hydroxylation sites is 1. The van der Waals surface area contributed by atoms with Gasteiger partial charge in [0.15, 0.2) is 0 Å². The normalized spacial score (nSPS) is 20.1. The lowest BCUT2D eigenvalue weighted by atomic mass is 10.1. The number of fused-ring (bicyclic) bond motifs is 1. The molecule has 0 aliphatic carbocycles. The first-order valence-corrected chi connectivity index (χ1v) is 12.5. The SMILES string of the molecule is Cc1ccc(NC2=CC(N3CCCCC3)N(C)C(NC(C)Cc3c[nH]c4ccccc34)=N2)cc1. The van der Waals surface area contributed by atoms with Gasteiger partial charge in [-0.1, -0.05) is 42.3 Å². The van der Waals surface area contributed by atoms with Crippen LogP contribution in [0.5, 0.6) is 0 Å². The first-order valence-electron chi connectivity index (χ1n) is 12.5. The molecule has 1 aromatic heterocycles. The third kappa shape index (κ3) is 4.97. The van der Waals surface area contributed by atoms with Gasteiger partial charge in [0.25, 0.3) is 0 Å². The van der Waals surface area contributed by atoms with E-state index in [9.17, 15) is 0 Å². The van der Waals surface area contributed by atoms with Crippen LogP contribution in [0.15, 0.2) is 71.6 Å². The van der Waals surface area contributed by atoms with Gasteiger partial charge >= 0.3 is 0 Å². The van der Waals surface area contributed by atoms with Crippen LogP contribution in [0.3, 0.4) is 0 Å². The summed E-state index contributed by atoms with van der Waals surface area (Å²) in [5.41, 5.74) is 4.84. The number of piperidine rings is 1. The zero-order chi connectivity index (χ0) is 23.5. The maximum Gasteiger partial charge on any atom is 0.202 e. The smallest absolute Gasteiger partial charge is 0.202 e. The number of H-pyrrole nitrogens is 1. The second kappa shape index (κ2) is 9.94. The highest BCUT2D eigenvalue weighted by atomic mass is 15.4. The molecule has 0 bridgehead atoms. The minimum Gasteiger partial charge on any atom is -0.361 e. The number of likely N-dealkylation sites (tertiary alicyclic amines) is 1. The molecule has 1 saturated heterocycles. The molecule has 0 radical (unpaired) electrons. The Hall–Kier alpha value is -3.25. The number of nitrogens with zero attached hydrogens (tertiary/aromatic N) is 3. The maximum atomic E-state index is 5.00. The van der Waals surface area contributed by atoms with Crippen LogP contribution in [-0.2, 0) is 6.42 Å². The van der Waals surface area contributed by atoms with Crippen molar-refractivity contribution in [2.75, 3.05) is 25.5 Å². The van der Waals surface area contributed by atoms with Gasteiger partial charge in [-0.15, -0.1) is 0 Å². The molecule has 6 nitrogen and oxygen atoms in total. The van der Waals surface area contributed by atoms with E-state index in [-0.39, 0.29) is 12.2 Å². The van der Waals surface area contributed by atoms with E-state index >= 15 is 0 Å². The molecule has 2 unspecified atom stereocenters. The Kier molecular flexibility index (Phi) is 6.59. The molecule has 3 heterocycles. The van der Waals surface area contributed by atoms with Crippen molar-refractivity contribution in [3.05, 3.63) is 77.8 Å². The van der Waals surface area contributed by atoms with Crippen molar-refractivity contribution in [1.29, 1.82) is 0 Å². The summed E-state index contributed by atoms with van der Waals surface area (Å²) in [6.45, 7) is 6.60. The predicted molar refractivity (Wildman–Crippen MR) is 142 cm³/mol. The van der Waals surface area contributed by atoms with Crippen LogP contribution in [0, 0.1) is 6.92 Å². The van der Waals surface area contributed by atoms with Gasteiger partial charge < -0.3 is 20.5 Å². The summed E-state index contributed by atoms with van der Waals surface area (Å²) in [5.74, 6) is 1.82. The number of aliphatic imine (C=N–C) groups is 1. The van der Waals surface area contributed by atoms with Crippen LogP contribution in [0.2, 0.25) is 0 Å². The minimum atomic E-state index is 0.188. The zero-order valence-corrected chi connectivity index (χ0v) is 20.5. The van der Waals surface area contributed by atoms with E-state index in [1.54, 1.807) is 0 Å². The molecule has 2 aromatic carbocycles. The average Bonchev–Trinajstić information content (AvgIpc) is 3.25. The lowest BCUT2D eigenvalue weighted by molar-refractivity contribution is 0.114. The Labute approximate surface area is 202 Å². The Morgan fingerprint density at radius 2 is 1.82 bits per heavy atom. The fraction of sp³-hybridized carbons (Fsp3) is 0.393. The van der Waals surface area contributed by atoms with Crippen molar-refractivity contribution < 1.29 is 0 Å². The van der Waals surface area contributed by atoms with Crippen molar-refractivity contribution in [2.24, 2.45) is 4.99 Å². The minimum absolute atomic E-state index is 0.188. The summed E-state index contributed by atoms with van der Waals surface area (Å²) >= 11 is 0. The molecule has 0 spiro atoms. The largest absolute Gasteiger partial charge is 0.361 e. The number of nitrogens with one attached hydrogen (secondary N) is 3. The molecular weight excluding hydrogens is 420 g/mol. The fourth-order valence-electron chi connectivity index (χ4n) is 5.03. The van der Waals surface area contributed by atoms with Crippen LogP contribution in [0.25, 0.3) is 10.9 Å². The molecule has 34 heavy (non-hydrogen) atoms. The fourth-order valence-corrected chi connectivity index (χ4v) is 5.03. The second-order valence-electron chi connectivity index (χ2n) is 9.71. The number of aryl methyl sites for hydroxylation is 1. The molecule has 3 aromatic rings. The predicted octanol–water partition coefficient (Wildman–Crippen LogP) is 5.06. The third-order valence-electron chi connectivity index (χ3n) is 6.93. The van der Waals surface area contributed by atoms with Gasteiger partial charge in [-0.25, -0.2) is 0 Å². The standard InChI is InChI=1S/C28H36N6/c1-20-11-13-23(14-12-20)31-26-18-27(34-15-7-4-8-16-34)33(3)28(32-26)30-21(2)17-22-19-29-25-10-6-5-9-24(22)25/h5-6,9-14,18-19,21,27,29,31H,4,7-8,15-17H2,1-3H3,(H,30,32). The number of hydrogen-bond donors (Lipinski definition) is 3. The summed E-state index contributed by atoms with van der Waals surface area (Å²) < 4.78 is 0. The number of likely N-dealkylation sites (N-methyl/N-ethyl adjacent to an activating group) is 1. The molecule has 2 aliphatic rings. The van der Waals surface area contributed by atoms with Crippen molar-refractivity contribution in [3.8, 4) is 0 Å². The lowest BCUT2D eigenvalue weighted by Crippen LogP contribution is -2.56. The molecule has 3 N–H and O–H groups in total. The number of benzene rings is 2. The maximum absolute atomic E-state index is 5.00. The number of rotatable bonds is 6. The molecule has 1 fully saturated rings. The van der Waals surface area contributed by atoms with E-state index in [0.717, 1.165) is 37.0 Å². The summed E-state index contributed by atoms with van der Waals surface area (Å²) in [6.07, 6.45) is 9.36. The summed E-state index contributed by atoms with van der Waals surface area (Å²) in [4.78, 5) is 13.3. The monoisotopic (exact) mass is 456 g/mol. The number of hydrogen-bond acceptors (Lipinski definition) is 5. The summed E-state index contributed by atoms with van der Waals surface area (Å²) in [5, 5.41) is 8.56. The molecule has 2 aliphatic heterocycles. The van der Waals surface area contributed by atoms with Gasteiger partial charge in [0.2, 0.25) is 5.96 Å². The highest BCUT2D eigenvalue weighted by Crippen LogP contribution is 2.23. The van der Waals surface area contributed by atoms with Crippen LogP contribution in [0.4, 0.5) is 5.69 Å². The van der Waals surface area contributed by atoms with Gasteiger partial charge in [0.05, 0.1) is 0 Å². The Balaban J connectivity index is 1.36. The van der Waals surface area contributed by atoms with Crippen molar-refractivity contribution in [2.45, 2.75) is 51.7 Å². The highest BCUT2D eigenvalue weighted by molar-refractivity contribution is 5.84. The molecule has 6 heteroatoms. The highest BCUT2D eigenvalue weighted by Gasteiger charge is 2.29. The van der Waals surface area contributed by atoms with E-state index in [4.69, 9.17) is 4.99 Å². The van der Waals surface area contributed by atoms with E-state index in [1.807, 2.05) is 0 Å². The molecule has 0 amide bonds. The van der Waals surface area contributed by atoms with Crippen LogP contribution < -0.4 is 10.6 Å². The van der Waals surface area contributed by atoms with Crippen molar-refractivity contribution in [1.82, 2.24) is 20.1 Å². The van der Waals surface area contributed by atoms with Crippen LogP contribution in [0.1, 0.15) is 37.3 Å². The number of aromatic amines is 1. The first kappa shape index (κ1) is 22.5. The van der Waals surface area contributed by atoms with Crippen molar-refractivity contribution >= 4 is 22.5 Å². The molecular formula is C28H36N6. The van der Waals surface area contributed by atoms with Gasteiger partial charge in [-0.05, 0) is 62.9 Å². The van der Waals surface area contributed by atoms with Crippen LogP contribution >= 0.6 is 0 Å². The summed E-state index contributed by atoms with van der Waals surface area (Å²) in [7, 11) is 2.16. The van der Waals surface area contributed by atoms with Crippen molar-refractivity contribution in [3.63, 3.8) is 0 Å². The quantitative estimate of drug-likeness (QED) is 0.485. The zero-order valence-electron chi connectivity index (χ0n) is 20.5. The van der Waals surface area contributed by atoms with Gasteiger partial charge in [-0.2, -0.15) is 4.99 Å². The topological polar surface area (TPSA) is 58.7 Å². The van der Waals surface area contributed by atoms with Gasteiger partial charge in [-0.3, -0.25) is 4.90 Å². The number of aromatic nitrogens is 1. The Morgan fingerprint density at radius 1 is 1.06 bits per heavy atom. The average molecular weight is 457 g/mol. The van der Waals surface area contributed by atoms with E-state index in [2.05, 4.69) is 107 Å². The lowest BCUT2D eigenvalue weighted by Gasteiger charge is -2.42. The Morgan fingerprint density at radius 3 is 2.62 bits per heavy atom.